The van der Waals surface area contributed by atoms with Crippen molar-refractivity contribution in [3.8, 4) is 11.8 Å². The Bertz CT molecular complexity index is 501. The SMILES string of the molecule is CC1(CNC(=O)COc2ccccc2C#N)CCC1. The van der Waals surface area contributed by atoms with Gasteiger partial charge in [0.1, 0.15) is 11.8 Å². The van der Waals surface area contributed by atoms with E-state index >= 15 is 0 Å². The zero-order valence-corrected chi connectivity index (χ0v) is 11.1. The van der Waals surface area contributed by atoms with Crippen molar-refractivity contribution in [1.29, 1.82) is 5.26 Å². The minimum Gasteiger partial charge on any atom is -0.482 e. The molecule has 1 aromatic carbocycles. The van der Waals surface area contributed by atoms with Gasteiger partial charge in [0, 0.05) is 6.54 Å². The van der Waals surface area contributed by atoms with E-state index in [1.165, 1.54) is 19.3 Å². The summed E-state index contributed by atoms with van der Waals surface area (Å²) in [6.07, 6.45) is 3.59. The van der Waals surface area contributed by atoms with Gasteiger partial charge >= 0.3 is 0 Å². The molecular formula is C15H18N2O2. The molecule has 4 heteroatoms. The highest BCUT2D eigenvalue weighted by Crippen LogP contribution is 2.39. The molecule has 1 aliphatic carbocycles. The fourth-order valence-electron chi connectivity index (χ4n) is 2.15. The molecule has 0 aliphatic heterocycles. The number of carbonyl (C=O) groups excluding carboxylic acids is 1. The molecule has 1 aromatic rings. The molecule has 2 rings (SSSR count). The average Bonchev–Trinajstić information content (AvgIpc) is 2.41. The third-order valence-electron chi connectivity index (χ3n) is 3.64. The molecule has 1 fully saturated rings. The van der Waals surface area contributed by atoms with Gasteiger partial charge in [0.15, 0.2) is 6.61 Å². The van der Waals surface area contributed by atoms with E-state index in [4.69, 9.17) is 10.00 Å². The Labute approximate surface area is 113 Å². The Morgan fingerprint density at radius 2 is 2.21 bits per heavy atom. The molecule has 100 valence electrons. The smallest absolute Gasteiger partial charge is 0.257 e. The van der Waals surface area contributed by atoms with Gasteiger partial charge in [-0.1, -0.05) is 25.5 Å². The highest BCUT2D eigenvalue weighted by atomic mass is 16.5. The molecule has 1 aliphatic rings. The maximum Gasteiger partial charge on any atom is 0.257 e. The highest BCUT2D eigenvalue weighted by molar-refractivity contribution is 5.77. The quantitative estimate of drug-likeness (QED) is 0.881. The van der Waals surface area contributed by atoms with Gasteiger partial charge in [-0.3, -0.25) is 4.79 Å². The van der Waals surface area contributed by atoms with E-state index in [1.54, 1.807) is 24.3 Å². The van der Waals surface area contributed by atoms with Crippen LogP contribution in [0.25, 0.3) is 0 Å². The first-order valence-corrected chi connectivity index (χ1v) is 6.52. The van der Waals surface area contributed by atoms with Crippen LogP contribution in [0.2, 0.25) is 0 Å². The third-order valence-corrected chi connectivity index (χ3v) is 3.64. The number of amides is 1. The molecule has 0 atom stereocenters. The zero-order valence-electron chi connectivity index (χ0n) is 11.1. The molecule has 1 N–H and O–H groups in total. The molecule has 4 nitrogen and oxygen atoms in total. The standard InChI is InChI=1S/C15H18N2O2/c1-15(7-4-8-15)11-17-14(18)10-19-13-6-3-2-5-12(13)9-16/h2-3,5-6H,4,7-8,10-11H2,1H3,(H,17,18). The number of hydrogen-bond donors (Lipinski definition) is 1. The predicted molar refractivity (Wildman–Crippen MR) is 71.6 cm³/mol. The summed E-state index contributed by atoms with van der Waals surface area (Å²) in [5, 5.41) is 11.8. The van der Waals surface area contributed by atoms with Crippen molar-refractivity contribution in [2.75, 3.05) is 13.2 Å². The summed E-state index contributed by atoms with van der Waals surface area (Å²) in [7, 11) is 0. The van der Waals surface area contributed by atoms with Crippen molar-refractivity contribution >= 4 is 5.91 Å². The van der Waals surface area contributed by atoms with Crippen LogP contribution in [0.1, 0.15) is 31.7 Å². The number of nitrogens with one attached hydrogen (secondary N) is 1. The van der Waals surface area contributed by atoms with Crippen LogP contribution in [-0.4, -0.2) is 19.1 Å². The molecule has 0 spiro atoms. The van der Waals surface area contributed by atoms with E-state index in [1.807, 2.05) is 6.07 Å². The van der Waals surface area contributed by atoms with Gasteiger partial charge in [-0.2, -0.15) is 5.26 Å². The summed E-state index contributed by atoms with van der Waals surface area (Å²) in [5.74, 6) is 0.316. The highest BCUT2D eigenvalue weighted by Gasteiger charge is 2.31. The minimum absolute atomic E-state index is 0.0469. The van der Waals surface area contributed by atoms with Crippen LogP contribution in [0.3, 0.4) is 0 Å². The third kappa shape index (κ3) is 3.47. The minimum atomic E-state index is -0.138. The normalized spacial score (nSPS) is 16.0. The van der Waals surface area contributed by atoms with Crippen molar-refractivity contribution in [2.24, 2.45) is 5.41 Å². The number of ether oxygens (including phenoxy) is 1. The number of benzene rings is 1. The summed E-state index contributed by atoms with van der Waals surface area (Å²) < 4.78 is 5.37. The Hall–Kier alpha value is -2.02. The lowest BCUT2D eigenvalue weighted by molar-refractivity contribution is -0.123. The van der Waals surface area contributed by atoms with E-state index in [0.717, 1.165) is 0 Å². The molecule has 0 aromatic heterocycles. The van der Waals surface area contributed by atoms with E-state index in [0.29, 0.717) is 17.9 Å². The summed E-state index contributed by atoms with van der Waals surface area (Å²) in [4.78, 5) is 11.7. The molecule has 0 saturated heterocycles. The van der Waals surface area contributed by atoms with Crippen LogP contribution in [0.15, 0.2) is 24.3 Å². The van der Waals surface area contributed by atoms with Crippen LogP contribution in [-0.2, 0) is 4.79 Å². The molecule has 1 saturated carbocycles. The molecule has 0 unspecified atom stereocenters. The van der Waals surface area contributed by atoms with E-state index in [2.05, 4.69) is 12.2 Å². The maximum atomic E-state index is 11.7. The summed E-state index contributed by atoms with van der Waals surface area (Å²) >= 11 is 0. The fourth-order valence-corrected chi connectivity index (χ4v) is 2.15. The van der Waals surface area contributed by atoms with Crippen LogP contribution in [0.5, 0.6) is 5.75 Å². The lowest BCUT2D eigenvalue weighted by Crippen LogP contribution is -2.41. The van der Waals surface area contributed by atoms with Crippen LogP contribution < -0.4 is 10.1 Å². The Morgan fingerprint density at radius 3 is 2.84 bits per heavy atom. The number of carbonyl (C=O) groups is 1. The Balaban J connectivity index is 1.78. The van der Waals surface area contributed by atoms with Gasteiger partial charge in [-0.15, -0.1) is 0 Å². The molecular weight excluding hydrogens is 240 g/mol. The number of rotatable bonds is 5. The second-order valence-corrected chi connectivity index (χ2v) is 5.34. The van der Waals surface area contributed by atoms with Crippen molar-refractivity contribution in [2.45, 2.75) is 26.2 Å². The monoisotopic (exact) mass is 258 g/mol. The first-order chi connectivity index (χ1) is 9.13. The number of nitrogens with zero attached hydrogens (tertiary/aromatic N) is 1. The summed E-state index contributed by atoms with van der Waals surface area (Å²) in [5.41, 5.74) is 0.710. The number of para-hydroxylation sites is 1. The van der Waals surface area contributed by atoms with Gasteiger partial charge in [-0.05, 0) is 30.4 Å². The van der Waals surface area contributed by atoms with E-state index in [-0.39, 0.29) is 17.9 Å². The van der Waals surface area contributed by atoms with Gasteiger partial charge in [0.2, 0.25) is 0 Å². The van der Waals surface area contributed by atoms with Gasteiger partial charge < -0.3 is 10.1 Å². The maximum absolute atomic E-state index is 11.7. The van der Waals surface area contributed by atoms with Crippen molar-refractivity contribution in [3.63, 3.8) is 0 Å². The predicted octanol–water partition coefficient (Wildman–Crippen LogP) is 2.24. The largest absolute Gasteiger partial charge is 0.482 e. The number of hydrogen-bond acceptors (Lipinski definition) is 3. The van der Waals surface area contributed by atoms with Gasteiger partial charge in [0.25, 0.3) is 5.91 Å². The van der Waals surface area contributed by atoms with Crippen LogP contribution in [0.4, 0.5) is 0 Å². The first-order valence-electron chi connectivity index (χ1n) is 6.52. The Morgan fingerprint density at radius 1 is 1.47 bits per heavy atom. The second kappa shape index (κ2) is 5.75. The summed E-state index contributed by atoms with van der Waals surface area (Å²) in [6, 6.07) is 8.95. The lowest BCUT2D eigenvalue weighted by atomic mass is 9.70. The molecule has 0 bridgehead atoms. The topological polar surface area (TPSA) is 62.1 Å². The van der Waals surface area contributed by atoms with E-state index < -0.39 is 0 Å². The molecule has 1 amide bonds. The first kappa shape index (κ1) is 13.4. The van der Waals surface area contributed by atoms with E-state index in [9.17, 15) is 4.79 Å². The average molecular weight is 258 g/mol. The van der Waals surface area contributed by atoms with Crippen molar-refractivity contribution < 1.29 is 9.53 Å². The van der Waals surface area contributed by atoms with Crippen molar-refractivity contribution in [3.05, 3.63) is 29.8 Å². The van der Waals surface area contributed by atoms with Crippen LogP contribution >= 0.6 is 0 Å². The fraction of sp³-hybridized carbons (Fsp3) is 0.467. The summed E-state index contributed by atoms with van der Waals surface area (Å²) in [6.45, 7) is 2.84. The zero-order chi connectivity index (χ0) is 13.7. The lowest BCUT2D eigenvalue weighted by Gasteiger charge is -2.38. The molecule has 0 heterocycles. The second-order valence-electron chi connectivity index (χ2n) is 5.34. The van der Waals surface area contributed by atoms with Crippen molar-refractivity contribution in [1.82, 2.24) is 5.32 Å². The molecule has 19 heavy (non-hydrogen) atoms. The number of nitriles is 1. The van der Waals surface area contributed by atoms with Gasteiger partial charge in [0.05, 0.1) is 5.56 Å². The van der Waals surface area contributed by atoms with Crippen LogP contribution in [0, 0.1) is 16.7 Å². The Kier molecular flexibility index (Phi) is 4.06. The van der Waals surface area contributed by atoms with Gasteiger partial charge in [-0.25, -0.2) is 0 Å². The molecule has 0 radical (unpaired) electrons.